The zero-order chi connectivity index (χ0) is 21.5. The minimum absolute atomic E-state index is 0.0178. The Labute approximate surface area is 169 Å². The quantitative estimate of drug-likeness (QED) is 0.698. The minimum atomic E-state index is -4.69. The number of amides is 1. The van der Waals surface area contributed by atoms with E-state index in [0.29, 0.717) is 35.3 Å². The molecule has 0 bridgehead atoms. The molecule has 1 fully saturated rings. The predicted molar refractivity (Wildman–Crippen MR) is 103 cm³/mol. The van der Waals surface area contributed by atoms with Crippen LogP contribution in [0.25, 0.3) is 5.65 Å². The third-order valence-electron chi connectivity index (χ3n) is 4.96. The molecule has 1 aliphatic rings. The molecule has 3 heterocycles. The van der Waals surface area contributed by atoms with Crippen molar-refractivity contribution in [3.05, 3.63) is 41.7 Å². The van der Waals surface area contributed by atoms with Gasteiger partial charge in [-0.2, -0.15) is 17.7 Å². The molecule has 0 radical (unpaired) electrons. The molecular weight excluding hydrogens is 401 g/mol. The van der Waals surface area contributed by atoms with Gasteiger partial charge in [0.2, 0.25) is 5.91 Å². The van der Waals surface area contributed by atoms with E-state index in [2.05, 4.69) is 20.6 Å². The van der Waals surface area contributed by atoms with Crippen molar-refractivity contribution in [3.63, 3.8) is 0 Å². The highest BCUT2D eigenvalue weighted by Gasteiger charge is 2.38. The number of aromatic nitrogens is 4. The summed E-state index contributed by atoms with van der Waals surface area (Å²) in [6, 6.07) is 7.80. The van der Waals surface area contributed by atoms with Gasteiger partial charge in [0.15, 0.2) is 5.65 Å². The van der Waals surface area contributed by atoms with Crippen LogP contribution < -0.4 is 15.0 Å². The Morgan fingerprint density at radius 2 is 2.03 bits per heavy atom. The molecule has 158 valence electrons. The Morgan fingerprint density at radius 1 is 1.23 bits per heavy atom. The maximum Gasteiger partial charge on any atom is 0.453 e. The highest BCUT2D eigenvalue weighted by Crippen LogP contribution is 2.31. The molecule has 4 rings (SSSR count). The molecule has 1 amide bonds. The topological polar surface area (TPSA) is 84.6 Å². The van der Waals surface area contributed by atoms with Gasteiger partial charge in [-0.05, 0) is 49.6 Å². The fraction of sp³-hybridized carbons (Fsp3) is 0.368. The average molecular weight is 420 g/mol. The Hall–Kier alpha value is -3.37. The number of aryl methyl sites for hydroxylation is 1. The largest absolute Gasteiger partial charge is 0.495 e. The second-order valence-electron chi connectivity index (χ2n) is 7.03. The zero-order valence-corrected chi connectivity index (χ0v) is 16.3. The van der Waals surface area contributed by atoms with Gasteiger partial charge in [-0.1, -0.05) is 6.07 Å². The molecule has 1 atom stereocenters. The molecular formula is C19H19F3N6O2. The normalized spacial score (nSPS) is 16.8. The molecule has 1 N–H and O–H groups in total. The fourth-order valence-corrected chi connectivity index (χ4v) is 3.56. The first kappa shape index (κ1) is 19.9. The molecule has 0 aliphatic carbocycles. The lowest BCUT2D eigenvalue weighted by atomic mass is 10.1. The SMILES string of the molecule is COc1ccc(C)cc1NC(=O)C1CCCN1c1ccc2nnc(C(F)(F)F)n2n1. The maximum absolute atomic E-state index is 13.2. The number of benzene rings is 1. The van der Waals surface area contributed by atoms with Crippen LogP contribution >= 0.6 is 0 Å². The summed E-state index contributed by atoms with van der Waals surface area (Å²) in [5.41, 5.74) is 1.47. The number of nitrogens with one attached hydrogen (secondary N) is 1. The van der Waals surface area contributed by atoms with Crippen LogP contribution in [0.15, 0.2) is 30.3 Å². The van der Waals surface area contributed by atoms with E-state index in [1.54, 1.807) is 23.1 Å². The maximum atomic E-state index is 13.2. The summed E-state index contributed by atoms with van der Waals surface area (Å²) in [5, 5.41) is 13.6. The van der Waals surface area contributed by atoms with Gasteiger partial charge in [0.05, 0.1) is 12.8 Å². The zero-order valence-electron chi connectivity index (χ0n) is 16.3. The van der Waals surface area contributed by atoms with Gasteiger partial charge in [0, 0.05) is 6.54 Å². The summed E-state index contributed by atoms with van der Waals surface area (Å²) in [4.78, 5) is 14.7. The lowest BCUT2D eigenvalue weighted by Crippen LogP contribution is -2.40. The van der Waals surface area contributed by atoms with Crippen molar-refractivity contribution in [2.24, 2.45) is 0 Å². The Kier molecular flexibility index (Phi) is 4.96. The predicted octanol–water partition coefficient (Wildman–Crippen LogP) is 3.07. The number of halogens is 3. The van der Waals surface area contributed by atoms with Gasteiger partial charge in [-0.3, -0.25) is 4.79 Å². The summed E-state index contributed by atoms with van der Waals surface area (Å²) in [6.45, 7) is 2.39. The standard InChI is InChI=1S/C19H19F3N6O2/c1-11-5-6-14(30-2)12(10-11)23-17(29)13-4-3-9-27(13)16-8-7-15-24-25-18(19(20,21)22)28(15)26-16/h5-8,10,13H,3-4,9H2,1-2H3,(H,23,29). The van der Waals surface area contributed by atoms with Crippen molar-refractivity contribution >= 4 is 23.1 Å². The van der Waals surface area contributed by atoms with E-state index in [0.717, 1.165) is 5.56 Å². The van der Waals surface area contributed by atoms with Gasteiger partial charge in [-0.15, -0.1) is 15.3 Å². The van der Waals surface area contributed by atoms with E-state index in [4.69, 9.17) is 4.74 Å². The lowest BCUT2D eigenvalue weighted by molar-refractivity contribution is -0.146. The molecule has 1 aromatic carbocycles. The summed E-state index contributed by atoms with van der Waals surface area (Å²) in [6.07, 6.45) is -3.43. The van der Waals surface area contributed by atoms with Crippen molar-refractivity contribution in [2.75, 3.05) is 23.9 Å². The molecule has 1 unspecified atom stereocenters. The van der Waals surface area contributed by atoms with Crippen molar-refractivity contribution < 1.29 is 22.7 Å². The number of methoxy groups -OCH3 is 1. The summed E-state index contributed by atoms with van der Waals surface area (Å²) < 4.78 is 45.4. The minimum Gasteiger partial charge on any atom is -0.495 e. The molecule has 0 spiro atoms. The number of hydrogen-bond acceptors (Lipinski definition) is 6. The summed E-state index contributed by atoms with van der Waals surface area (Å²) >= 11 is 0. The Morgan fingerprint density at radius 3 is 2.77 bits per heavy atom. The number of nitrogens with zero attached hydrogens (tertiary/aromatic N) is 5. The van der Waals surface area contributed by atoms with Crippen LogP contribution in [0.5, 0.6) is 5.75 Å². The van der Waals surface area contributed by atoms with Gasteiger partial charge >= 0.3 is 6.18 Å². The molecule has 0 saturated carbocycles. The van der Waals surface area contributed by atoms with E-state index >= 15 is 0 Å². The van der Waals surface area contributed by atoms with Crippen molar-refractivity contribution in [2.45, 2.75) is 32.0 Å². The second-order valence-corrected chi connectivity index (χ2v) is 7.03. The molecule has 1 saturated heterocycles. The van der Waals surface area contributed by atoms with Crippen molar-refractivity contribution in [1.29, 1.82) is 0 Å². The first-order valence-corrected chi connectivity index (χ1v) is 9.30. The van der Waals surface area contributed by atoms with E-state index in [1.807, 2.05) is 13.0 Å². The van der Waals surface area contributed by atoms with Crippen LogP contribution in [-0.4, -0.2) is 45.4 Å². The Bertz CT molecular complexity index is 1100. The molecule has 8 nitrogen and oxygen atoms in total. The van der Waals surface area contributed by atoms with Gasteiger partial charge in [-0.25, -0.2) is 0 Å². The highest BCUT2D eigenvalue weighted by atomic mass is 19.4. The summed E-state index contributed by atoms with van der Waals surface area (Å²) in [7, 11) is 1.51. The van der Waals surface area contributed by atoms with Crippen LogP contribution in [0.3, 0.4) is 0 Å². The molecule has 30 heavy (non-hydrogen) atoms. The van der Waals surface area contributed by atoms with Crippen LogP contribution in [0.1, 0.15) is 24.2 Å². The third-order valence-corrected chi connectivity index (χ3v) is 4.96. The van der Waals surface area contributed by atoms with E-state index in [-0.39, 0.29) is 17.4 Å². The number of rotatable bonds is 4. The van der Waals surface area contributed by atoms with Crippen LogP contribution in [-0.2, 0) is 11.0 Å². The van der Waals surface area contributed by atoms with Crippen molar-refractivity contribution in [3.8, 4) is 5.75 Å². The summed E-state index contributed by atoms with van der Waals surface area (Å²) in [5.74, 6) is -0.707. The third kappa shape index (κ3) is 3.62. The number of fused-ring (bicyclic) bond motifs is 1. The van der Waals surface area contributed by atoms with Gasteiger partial charge in [0.25, 0.3) is 5.82 Å². The number of carbonyl (C=O) groups is 1. The molecule has 2 aromatic heterocycles. The highest BCUT2D eigenvalue weighted by molar-refractivity contribution is 5.98. The van der Waals surface area contributed by atoms with E-state index < -0.39 is 18.0 Å². The van der Waals surface area contributed by atoms with Gasteiger partial charge < -0.3 is 15.0 Å². The molecule has 3 aromatic rings. The number of carbonyl (C=O) groups excluding carboxylic acids is 1. The number of alkyl halides is 3. The first-order valence-electron chi connectivity index (χ1n) is 9.30. The fourth-order valence-electron chi connectivity index (χ4n) is 3.56. The average Bonchev–Trinajstić information content (AvgIpc) is 3.34. The first-order chi connectivity index (χ1) is 14.3. The van der Waals surface area contributed by atoms with Crippen molar-refractivity contribution in [1.82, 2.24) is 19.8 Å². The lowest BCUT2D eigenvalue weighted by Gasteiger charge is -2.25. The Balaban J connectivity index is 1.62. The van der Waals surface area contributed by atoms with E-state index in [9.17, 15) is 18.0 Å². The number of hydrogen-bond donors (Lipinski definition) is 1. The number of anilines is 2. The number of ether oxygens (including phenoxy) is 1. The molecule has 1 aliphatic heterocycles. The van der Waals surface area contributed by atoms with Gasteiger partial charge in [0.1, 0.15) is 17.6 Å². The van der Waals surface area contributed by atoms with Crippen LogP contribution in [0.2, 0.25) is 0 Å². The van der Waals surface area contributed by atoms with E-state index in [1.165, 1.54) is 13.2 Å². The van der Waals surface area contributed by atoms with Crippen LogP contribution in [0.4, 0.5) is 24.7 Å². The monoisotopic (exact) mass is 420 g/mol. The second kappa shape index (κ2) is 7.47. The molecule has 11 heteroatoms. The van der Waals surface area contributed by atoms with Crippen LogP contribution in [0, 0.1) is 6.92 Å². The smallest absolute Gasteiger partial charge is 0.453 e.